The molecule has 182 valence electrons. The molecule has 3 rings (SSSR count). The molecule has 0 aliphatic rings. The number of halogens is 2. The fourth-order valence-corrected chi connectivity index (χ4v) is 3.87. The second-order valence-electron chi connectivity index (χ2n) is 9.23. The molecule has 1 amide bonds. The highest BCUT2D eigenvalue weighted by Crippen LogP contribution is 2.15. The Morgan fingerprint density at radius 3 is 2.24 bits per heavy atom. The third-order valence-corrected chi connectivity index (χ3v) is 5.72. The quantitative estimate of drug-likeness (QED) is 0.328. The number of hydrogen-bond acceptors (Lipinski definition) is 3. The van der Waals surface area contributed by atoms with E-state index < -0.39 is 11.6 Å². The van der Waals surface area contributed by atoms with Gasteiger partial charge in [-0.05, 0) is 67.6 Å². The molecule has 0 unspecified atom stereocenters. The first-order chi connectivity index (χ1) is 16.3. The first-order valence-corrected chi connectivity index (χ1v) is 11.8. The van der Waals surface area contributed by atoms with Crippen molar-refractivity contribution in [1.82, 2.24) is 9.80 Å². The third kappa shape index (κ3) is 8.41. The van der Waals surface area contributed by atoms with E-state index in [2.05, 4.69) is 13.8 Å². The van der Waals surface area contributed by atoms with E-state index in [1.807, 2.05) is 54.3 Å². The minimum absolute atomic E-state index is 0.0365. The molecule has 1 heterocycles. The average molecular weight is 469 g/mol. The highest BCUT2D eigenvalue weighted by molar-refractivity contribution is 5.78. The molecule has 34 heavy (non-hydrogen) atoms. The summed E-state index contributed by atoms with van der Waals surface area (Å²) in [7, 11) is 0. The molecule has 0 atom stereocenters. The molecule has 0 radical (unpaired) electrons. The van der Waals surface area contributed by atoms with Crippen molar-refractivity contribution in [1.29, 1.82) is 0 Å². The Kier molecular flexibility index (Phi) is 9.40. The van der Waals surface area contributed by atoms with Crippen molar-refractivity contribution < 1.29 is 18.0 Å². The van der Waals surface area contributed by atoms with Crippen LogP contribution in [-0.2, 0) is 24.3 Å². The van der Waals surface area contributed by atoms with Crippen molar-refractivity contribution in [3.8, 4) is 0 Å². The summed E-state index contributed by atoms with van der Waals surface area (Å²) in [5, 5.41) is 0. The van der Waals surface area contributed by atoms with E-state index in [4.69, 9.17) is 4.42 Å². The lowest BCUT2D eigenvalue weighted by Crippen LogP contribution is -2.41. The predicted octanol–water partition coefficient (Wildman–Crippen LogP) is 5.99. The average Bonchev–Trinajstić information content (AvgIpc) is 3.19. The summed E-state index contributed by atoms with van der Waals surface area (Å²) in [6.07, 6.45) is 1.61. The minimum atomic E-state index is -0.609. The smallest absolute Gasteiger partial charge is 0.237 e. The molecule has 0 spiro atoms. The summed E-state index contributed by atoms with van der Waals surface area (Å²) in [6.45, 7) is 8.18. The number of furan rings is 1. The number of aryl methyl sites for hydroxylation is 1. The van der Waals surface area contributed by atoms with Crippen LogP contribution in [0.2, 0.25) is 0 Å². The van der Waals surface area contributed by atoms with Gasteiger partial charge in [0, 0.05) is 19.2 Å². The van der Waals surface area contributed by atoms with Crippen LogP contribution in [0.3, 0.4) is 0 Å². The van der Waals surface area contributed by atoms with Gasteiger partial charge in [0.25, 0.3) is 0 Å². The maximum Gasteiger partial charge on any atom is 0.237 e. The Bertz CT molecular complexity index is 1030. The highest BCUT2D eigenvalue weighted by atomic mass is 19.1. The fourth-order valence-electron chi connectivity index (χ4n) is 3.87. The van der Waals surface area contributed by atoms with Crippen molar-refractivity contribution in [2.24, 2.45) is 5.92 Å². The summed E-state index contributed by atoms with van der Waals surface area (Å²) in [5.74, 6) is 0.732. The summed E-state index contributed by atoms with van der Waals surface area (Å²) < 4.78 is 33.2. The van der Waals surface area contributed by atoms with Crippen LogP contribution in [0.5, 0.6) is 0 Å². The number of carbonyl (C=O) groups is 1. The van der Waals surface area contributed by atoms with E-state index in [1.54, 1.807) is 4.90 Å². The fraction of sp³-hybridized carbons (Fsp3) is 0.393. The lowest BCUT2D eigenvalue weighted by Gasteiger charge is -2.28. The van der Waals surface area contributed by atoms with E-state index in [0.717, 1.165) is 36.0 Å². The van der Waals surface area contributed by atoms with Crippen LogP contribution in [0.15, 0.2) is 65.1 Å². The number of nitrogens with zero attached hydrogens (tertiary/aromatic N) is 2. The van der Waals surface area contributed by atoms with E-state index in [-0.39, 0.29) is 12.5 Å². The van der Waals surface area contributed by atoms with Gasteiger partial charge in [0.1, 0.15) is 23.2 Å². The van der Waals surface area contributed by atoms with E-state index in [0.29, 0.717) is 37.7 Å². The first-order valence-electron chi connectivity index (χ1n) is 11.8. The zero-order chi connectivity index (χ0) is 24.5. The summed E-state index contributed by atoms with van der Waals surface area (Å²) >= 11 is 0. The molecule has 1 aromatic heterocycles. The zero-order valence-corrected chi connectivity index (χ0v) is 20.3. The molecule has 2 aromatic carbocycles. The maximum atomic E-state index is 13.7. The van der Waals surface area contributed by atoms with Gasteiger partial charge in [0.05, 0.1) is 13.1 Å². The monoisotopic (exact) mass is 468 g/mol. The molecule has 0 aliphatic carbocycles. The Morgan fingerprint density at radius 1 is 0.912 bits per heavy atom. The van der Waals surface area contributed by atoms with Crippen molar-refractivity contribution >= 4 is 5.91 Å². The predicted molar refractivity (Wildman–Crippen MR) is 130 cm³/mol. The number of benzene rings is 2. The molecule has 3 aromatic rings. The molecule has 0 saturated heterocycles. The molecule has 0 aliphatic heterocycles. The van der Waals surface area contributed by atoms with Crippen LogP contribution < -0.4 is 0 Å². The van der Waals surface area contributed by atoms with Gasteiger partial charge in [0.15, 0.2) is 0 Å². The normalized spacial score (nSPS) is 11.4. The Balaban J connectivity index is 1.74. The Morgan fingerprint density at radius 2 is 1.62 bits per heavy atom. The van der Waals surface area contributed by atoms with Gasteiger partial charge in [0.2, 0.25) is 5.91 Å². The number of amides is 1. The summed E-state index contributed by atoms with van der Waals surface area (Å²) in [5.41, 5.74) is 1.68. The van der Waals surface area contributed by atoms with Gasteiger partial charge in [-0.25, -0.2) is 8.78 Å². The summed E-state index contributed by atoms with van der Waals surface area (Å²) in [4.78, 5) is 17.2. The van der Waals surface area contributed by atoms with E-state index in [9.17, 15) is 13.6 Å². The minimum Gasteiger partial charge on any atom is -0.464 e. The summed E-state index contributed by atoms with van der Waals surface area (Å²) in [6, 6.07) is 17.4. The molecular weight excluding hydrogens is 434 g/mol. The van der Waals surface area contributed by atoms with Gasteiger partial charge in [-0.3, -0.25) is 9.69 Å². The van der Waals surface area contributed by atoms with Crippen molar-refractivity contribution in [2.75, 3.05) is 19.6 Å². The zero-order valence-electron chi connectivity index (χ0n) is 20.3. The molecule has 0 N–H and O–H groups in total. The van der Waals surface area contributed by atoms with Crippen LogP contribution in [0.1, 0.15) is 42.9 Å². The molecule has 4 nitrogen and oxygen atoms in total. The standard InChI is InChI=1S/C28H34F2N2O2/c1-21(2)11-13-31(18-24-15-25(29)17-26(30)16-24)20-28(33)32(19-27-10-9-22(3)34-27)14-12-23-7-5-4-6-8-23/h4-10,15-17,21H,11-14,18-20H2,1-3H3. The van der Waals surface area contributed by atoms with Crippen LogP contribution in [-0.4, -0.2) is 35.3 Å². The molecule has 0 fully saturated rings. The number of carbonyl (C=O) groups excluding carboxylic acids is 1. The van der Waals surface area contributed by atoms with Gasteiger partial charge in [-0.1, -0.05) is 44.2 Å². The number of rotatable bonds is 12. The van der Waals surface area contributed by atoms with Crippen molar-refractivity contribution in [3.63, 3.8) is 0 Å². The van der Waals surface area contributed by atoms with Crippen molar-refractivity contribution in [3.05, 3.63) is 94.9 Å². The molecule has 0 bridgehead atoms. The Labute approximate surface area is 201 Å². The first kappa shape index (κ1) is 25.6. The van der Waals surface area contributed by atoms with Gasteiger partial charge < -0.3 is 9.32 Å². The highest BCUT2D eigenvalue weighted by Gasteiger charge is 2.20. The molecule has 6 heteroatoms. The molecular formula is C28H34F2N2O2. The Hall–Kier alpha value is -2.99. The topological polar surface area (TPSA) is 36.7 Å². The van der Waals surface area contributed by atoms with E-state index in [1.165, 1.54) is 12.1 Å². The van der Waals surface area contributed by atoms with Gasteiger partial charge in [-0.2, -0.15) is 0 Å². The van der Waals surface area contributed by atoms with Crippen LogP contribution >= 0.6 is 0 Å². The largest absolute Gasteiger partial charge is 0.464 e. The SMILES string of the molecule is Cc1ccc(CN(CCc2ccccc2)C(=O)CN(CCC(C)C)Cc2cc(F)cc(F)c2)o1. The van der Waals surface area contributed by atoms with Crippen molar-refractivity contribution in [2.45, 2.75) is 46.7 Å². The van der Waals surface area contributed by atoms with Gasteiger partial charge in [-0.15, -0.1) is 0 Å². The molecule has 0 saturated carbocycles. The van der Waals surface area contributed by atoms with Crippen LogP contribution in [0.25, 0.3) is 0 Å². The van der Waals surface area contributed by atoms with E-state index >= 15 is 0 Å². The lowest BCUT2D eigenvalue weighted by molar-refractivity contribution is -0.133. The maximum absolute atomic E-state index is 13.7. The van der Waals surface area contributed by atoms with Crippen LogP contribution in [0.4, 0.5) is 8.78 Å². The van der Waals surface area contributed by atoms with Crippen LogP contribution in [0, 0.1) is 24.5 Å². The lowest BCUT2D eigenvalue weighted by atomic mass is 10.1. The third-order valence-electron chi connectivity index (χ3n) is 5.72. The number of hydrogen-bond donors (Lipinski definition) is 0. The second kappa shape index (κ2) is 12.5. The second-order valence-corrected chi connectivity index (χ2v) is 9.23. The van der Waals surface area contributed by atoms with Gasteiger partial charge >= 0.3 is 0 Å².